The van der Waals surface area contributed by atoms with Crippen molar-refractivity contribution >= 4 is 29.9 Å². The molecule has 6 heteroatoms. The SMILES string of the molecule is CN(C)C1(CN=C(N)N2CCOCC2)CCC1.I. The summed E-state index contributed by atoms with van der Waals surface area (Å²) in [6.45, 7) is 4.07. The molecule has 2 rings (SSSR count). The van der Waals surface area contributed by atoms with Gasteiger partial charge in [0.25, 0.3) is 0 Å². The van der Waals surface area contributed by atoms with Crippen LogP contribution < -0.4 is 5.73 Å². The van der Waals surface area contributed by atoms with Gasteiger partial charge in [-0.3, -0.25) is 4.99 Å². The third-order valence-electron chi connectivity index (χ3n) is 4.10. The van der Waals surface area contributed by atoms with Gasteiger partial charge in [-0.05, 0) is 33.4 Å². The fourth-order valence-corrected chi connectivity index (χ4v) is 2.45. The summed E-state index contributed by atoms with van der Waals surface area (Å²) in [6, 6.07) is 0. The van der Waals surface area contributed by atoms with Crippen LogP contribution in [-0.4, -0.2) is 68.2 Å². The second kappa shape index (κ2) is 6.91. The van der Waals surface area contributed by atoms with E-state index in [2.05, 4.69) is 28.9 Å². The lowest BCUT2D eigenvalue weighted by Crippen LogP contribution is -2.53. The molecule has 0 unspecified atom stereocenters. The number of ether oxygens (including phenoxy) is 1. The van der Waals surface area contributed by atoms with Crippen molar-refractivity contribution < 1.29 is 4.74 Å². The van der Waals surface area contributed by atoms with Gasteiger partial charge >= 0.3 is 0 Å². The molecule has 0 aromatic heterocycles. The van der Waals surface area contributed by atoms with Gasteiger partial charge in [-0.2, -0.15) is 0 Å². The summed E-state index contributed by atoms with van der Waals surface area (Å²) in [4.78, 5) is 9.00. The van der Waals surface area contributed by atoms with E-state index in [-0.39, 0.29) is 29.5 Å². The lowest BCUT2D eigenvalue weighted by molar-refractivity contribution is 0.0630. The topological polar surface area (TPSA) is 54.1 Å². The first-order chi connectivity index (χ1) is 8.14. The Morgan fingerprint density at radius 1 is 1.33 bits per heavy atom. The molecule has 0 amide bonds. The Labute approximate surface area is 127 Å². The van der Waals surface area contributed by atoms with Crippen LogP contribution in [0.15, 0.2) is 4.99 Å². The molecule has 2 fully saturated rings. The summed E-state index contributed by atoms with van der Waals surface area (Å²) < 4.78 is 5.31. The van der Waals surface area contributed by atoms with Crippen molar-refractivity contribution in [2.45, 2.75) is 24.8 Å². The third kappa shape index (κ3) is 3.48. The number of likely N-dealkylation sites (N-methyl/N-ethyl adjacent to an activating group) is 1. The van der Waals surface area contributed by atoms with Gasteiger partial charge in [-0.1, -0.05) is 0 Å². The van der Waals surface area contributed by atoms with Crippen molar-refractivity contribution in [1.82, 2.24) is 9.80 Å². The summed E-state index contributed by atoms with van der Waals surface area (Å²) in [6.07, 6.45) is 3.78. The fraction of sp³-hybridized carbons (Fsp3) is 0.917. The van der Waals surface area contributed by atoms with Crippen LogP contribution in [-0.2, 0) is 4.74 Å². The lowest BCUT2D eigenvalue weighted by Gasteiger charge is -2.46. The molecule has 1 aliphatic carbocycles. The van der Waals surface area contributed by atoms with Crippen LogP contribution in [0.2, 0.25) is 0 Å². The summed E-state index contributed by atoms with van der Waals surface area (Å²) in [5, 5.41) is 0. The highest BCUT2D eigenvalue weighted by Gasteiger charge is 2.38. The van der Waals surface area contributed by atoms with E-state index < -0.39 is 0 Å². The van der Waals surface area contributed by atoms with E-state index in [9.17, 15) is 0 Å². The Kier molecular flexibility index (Phi) is 6.13. The lowest BCUT2D eigenvalue weighted by atomic mass is 9.76. The van der Waals surface area contributed by atoms with Gasteiger partial charge in [0.2, 0.25) is 0 Å². The Bertz CT molecular complexity index is 286. The number of rotatable bonds is 3. The van der Waals surface area contributed by atoms with Gasteiger partial charge in [0, 0.05) is 18.6 Å². The van der Waals surface area contributed by atoms with Gasteiger partial charge in [0.15, 0.2) is 5.96 Å². The zero-order chi connectivity index (χ0) is 12.3. The molecule has 1 saturated heterocycles. The molecule has 18 heavy (non-hydrogen) atoms. The quantitative estimate of drug-likeness (QED) is 0.454. The number of guanidine groups is 1. The Morgan fingerprint density at radius 3 is 2.39 bits per heavy atom. The highest BCUT2D eigenvalue weighted by atomic mass is 127. The van der Waals surface area contributed by atoms with Crippen molar-refractivity contribution in [3.63, 3.8) is 0 Å². The minimum Gasteiger partial charge on any atom is -0.378 e. The number of nitrogens with zero attached hydrogens (tertiary/aromatic N) is 3. The van der Waals surface area contributed by atoms with Crippen molar-refractivity contribution in [1.29, 1.82) is 0 Å². The predicted molar refractivity (Wildman–Crippen MR) is 84.6 cm³/mol. The summed E-state index contributed by atoms with van der Waals surface area (Å²) in [5.41, 5.74) is 6.30. The molecule has 106 valence electrons. The normalized spacial score (nSPS) is 23.5. The monoisotopic (exact) mass is 368 g/mol. The van der Waals surface area contributed by atoms with Crippen LogP contribution >= 0.6 is 24.0 Å². The molecule has 0 aromatic rings. The van der Waals surface area contributed by atoms with Gasteiger partial charge < -0.3 is 20.3 Å². The third-order valence-corrected chi connectivity index (χ3v) is 4.10. The Morgan fingerprint density at radius 2 is 1.94 bits per heavy atom. The average molecular weight is 368 g/mol. The summed E-state index contributed by atoms with van der Waals surface area (Å²) >= 11 is 0. The first-order valence-electron chi connectivity index (χ1n) is 6.44. The van der Waals surface area contributed by atoms with E-state index in [4.69, 9.17) is 10.5 Å². The maximum Gasteiger partial charge on any atom is 0.191 e. The van der Waals surface area contributed by atoms with Gasteiger partial charge in [0.1, 0.15) is 0 Å². The number of nitrogens with two attached hydrogens (primary N) is 1. The largest absolute Gasteiger partial charge is 0.378 e. The van der Waals surface area contributed by atoms with Crippen LogP contribution in [0.3, 0.4) is 0 Å². The summed E-state index contributed by atoms with van der Waals surface area (Å²) in [7, 11) is 4.28. The fourth-order valence-electron chi connectivity index (χ4n) is 2.45. The molecule has 0 radical (unpaired) electrons. The Balaban J connectivity index is 0.00000162. The molecule has 0 bridgehead atoms. The van der Waals surface area contributed by atoms with Gasteiger partial charge in [-0.25, -0.2) is 0 Å². The molecule has 1 heterocycles. The zero-order valence-electron chi connectivity index (χ0n) is 11.4. The molecular formula is C12H25IN4O. The minimum absolute atomic E-state index is 0. The number of aliphatic imine (C=N–C) groups is 1. The van der Waals surface area contributed by atoms with E-state index in [0.29, 0.717) is 5.96 Å². The average Bonchev–Trinajstić information content (AvgIpc) is 2.28. The van der Waals surface area contributed by atoms with Crippen molar-refractivity contribution in [2.75, 3.05) is 46.9 Å². The number of hydrogen-bond acceptors (Lipinski definition) is 3. The predicted octanol–water partition coefficient (Wildman–Crippen LogP) is 0.736. The maximum absolute atomic E-state index is 6.04. The Hall–Kier alpha value is -0.0800. The molecule has 2 aliphatic rings. The van der Waals surface area contributed by atoms with Crippen LogP contribution in [0, 0.1) is 0 Å². The van der Waals surface area contributed by atoms with Gasteiger partial charge in [-0.15, -0.1) is 24.0 Å². The highest BCUT2D eigenvalue weighted by molar-refractivity contribution is 14.0. The minimum atomic E-state index is 0. The molecule has 2 N–H and O–H groups in total. The zero-order valence-corrected chi connectivity index (χ0v) is 13.7. The van der Waals surface area contributed by atoms with Crippen LogP contribution in [0.1, 0.15) is 19.3 Å². The summed E-state index contributed by atoms with van der Waals surface area (Å²) in [5.74, 6) is 0.682. The number of hydrogen-bond donors (Lipinski definition) is 1. The van der Waals surface area contributed by atoms with E-state index in [1.165, 1.54) is 19.3 Å². The second-order valence-corrected chi connectivity index (χ2v) is 5.25. The van der Waals surface area contributed by atoms with Crippen molar-refractivity contribution in [3.05, 3.63) is 0 Å². The highest BCUT2D eigenvalue weighted by Crippen LogP contribution is 2.36. The van der Waals surface area contributed by atoms with E-state index >= 15 is 0 Å². The smallest absolute Gasteiger partial charge is 0.191 e. The molecule has 0 aromatic carbocycles. The van der Waals surface area contributed by atoms with Crippen LogP contribution in [0.4, 0.5) is 0 Å². The molecule has 1 aliphatic heterocycles. The van der Waals surface area contributed by atoms with Crippen molar-refractivity contribution in [3.8, 4) is 0 Å². The van der Waals surface area contributed by atoms with Gasteiger partial charge in [0.05, 0.1) is 19.8 Å². The van der Waals surface area contributed by atoms with E-state index in [0.717, 1.165) is 32.8 Å². The molecule has 0 spiro atoms. The van der Waals surface area contributed by atoms with E-state index in [1.807, 2.05) is 0 Å². The molecule has 5 nitrogen and oxygen atoms in total. The maximum atomic E-state index is 6.04. The number of morpholine rings is 1. The van der Waals surface area contributed by atoms with Crippen LogP contribution in [0.5, 0.6) is 0 Å². The number of halogens is 1. The molecular weight excluding hydrogens is 343 g/mol. The first kappa shape index (κ1) is 16.0. The van der Waals surface area contributed by atoms with Crippen LogP contribution in [0.25, 0.3) is 0 Å². The second-order valence-electron chi connectivity index (χ2n) is 5.25. The van der Waals surface area contributed by atoms with E-state index in [1.54, 1.807) is 0 Å². The molecule has 0 atom stereocenters. The molecule has 1 saturated carbocycles. The van der Waals surface area contributed by atoms with Crippen molar-refractivity contribution in [2.24, 2.45) is 10.7 Å². The standard InChI is InChI=1S/C12H24N4O.HI/c1-15(2)12(4-3-5-12)10-14-11(13)16-6-8-17-9-7-16;/h3-10H2,1-2H3,(H2,13,14);1H. The first-order valence-corrected chi connectivity index (χ1v) is 6.44.